The van der Waals surface area contributed by atoms with Crippen LogP contribution in [0, 0.1) is 0 Å². The summed E-state index contributed by atoms with van der Waals surface area (Å²) in [5, 5.41) is 7.26. The predicted molar refractivity (Wildman–Crippen MR) is 286 cm³/mol. The quantitative estimate of drug-likeness (QED) is 0.171. The molecule has 0 fully saturated rings. The molecule has 3 heteroatoms. The molecule has 316 valence electrons. The van der Waals surface area contributed by atoms with Crippen molar-refractivity contribution in [3.63, 3.8) is 0 Å². The zero-order valence-corrected chi connectivity index (χ0v) is 37.6. The van der Waals surface area contributed by atoms with E-state index in [2.05, 4.69) is 235 Å². The van der Waals surface area contributed by atoms with Crippen LogP contribution in [-0.2, 0) is 5.41 Å². The average Bonchev–Trinajstić information content (AvgIpc) is 4.15. The number of hydrogen-bond donors (Lipinski definition) is 0. The second-order valence-corrected chi connectivity index (χ2v) is 19.3. The molecule has 0 saturated heterocycles. The number of benzene rings is 11. The SMILES string of the molecule is c1ccc2c(c1)-c1ccccc1C21c2ccccc2-c2ccc(N(c3ccc(-c4cccc5c4oc4ccccc45)cc3)c3ccc(-c4ccc5ccccc5c4)c4sc5ccccc5c34)cc21. The Morgan fingerprint density at radius 2 is 0.941 bits per heavy atom. The first-order valence-electron chi connectivity index (χ1n) is 23.4. The van der Waals surface area contributed by atoms with Gasteiger partial charge in [0.1, 0.15) is 11.2 Å². The highest BCUT2D eigenvalue weighted by Crippen LogP contribution is 2.63. The van der Waals surface area contributed by atoms with Gasteiger partial charge in [0, 0.05) is 47.9 Å². The smallest absolute Gasteiger partial charge is 0.143 e. The van der Waals surface area contributed by atoms with Gasteiger partial charge in [-0.3, -0.25) is 0 Å². The number of para-hydroxylation sites is 2. The van der Waals surface area contributed by atoms with E-state index >= 15 is 0 Å². The predicted octanol–water partition coefficient (Wildman–Crippen LogP) is 18.3. The molecule has 0 unspecified atom stereocenters. The molecule has 2 aromatic heterocycles. The van der Waals surface area contributed by atoms with Gasteiger partial charge in [-0.15, -0.1) is 11.3 Å². The van der Waals surface area contributed by atoms with Crippen molar-refractivity contribution >= 4 is 81.3 Å². The fourth-order valence-electron chi connectivity index (χ4n) is 12.0. The van der Waals surface area contributed by atoms with Gasteiger partial charge in [-0.25, -0.2) is 0 Å². The topological polar surface area (TPSA) is 16.4 Å². The minimum absolute atomic E-state index is 0.472. The van der Waals surface area contributed by atoms with Crippen molar-refractivity contribution in [3.8, 4) is 44.5 Å². The molecule has 0 saturated carbocycles. The van der Waals surface area contributed by atoms with E-state index < -0.39 is 5.41 Å². The number of fused-ring (bicyclic) bond motifs is 17. The van der Waals surface area contributed by atoms with Gasteiger partial charge in [0.25, 0.3) is 0 Å². The molecular weight excluding hydrogens is 843 g/mol. The highest BCUT2D eigenvalue weighted by Gasteiger charge is 2.51. The second-order valence-electron chi connectivity index (χ2n) is 18.3. The van der Waals surface area contributed by atoms with Gasteiger partial charge in [-0.2, -0.15) is 0 Å². The lowest BCUT2D eigenvalue weighted by atomic mass is 9.70. The standard InChI is InChI=1S/C65H39NOS/c1-2-15-42-38-43(29-28-40(42)14-1)47-36-37-59(62-54-20-7-12-27-61(54)68-64(47)62)66(44-32-30-41(31-33-44)46-21-13-22-53-52-19-6-11-26-60(52)67-63(46)53)45-34-35-51-50-18-5-10-25-57(50)65(58(51)39-45)55-23-8-3-16-48(55)49-17-4-9-24-56(49)65/h1-39H. The maximum absolute atomic E-state index is 6.56. The molecule has 13 aromatic rings. The number of hydrogen-bond acceptors (Lipinski definition) is 3. The molecule has 11 aromatic carbocycles. The summed E-state index contributed by atoms with van der Waals surface area (Å²) >= 11 is 1.89. The summed E-state index contributed by atoms with van der Waals surface area (Å²) < 4.78 is 9.11. The van der Waals surface area contributed by atoms with Crippen molar-refractivity contribution in [1.82, 2.24) is 0 Å². The van der Waals surface area contributed by atoms with Crippen molar-refractivity contribution in [2.24, 2.45) is 0 Å². The van der Waals surface area contributed by atoms with Crippen LogP contribution in [-0.4, -0.2) is 0 Å². The van der Waals surface area contributed by atoms with Crippen LogP contribution >= 0.6 is 11.3 Å². The summed E-state index contributed by atoms with van der Waals surface area (Å²) in [6, 6.07) is 87.6. The number of furan rings is 1. The molecule has 2 aliphatic rings. The Kier molecular flexibility index (Phi) is 7.90. The van der Waals surface area contributed by atoms with Gasteiger partial charge in [0.2, 0.25) is 0 Å². The first kappa shape index (κ1) is 37.7. The van der Waals surface area contributed by atoms with Gasteiger partial charge < -0.3 is 9.32 Å². The molecule has 0 N–H and O–H groups in total. The lowest BCUT2D eigenvalue weighted by molar-refractivity contribution is 0.670. The van der Waals surface area contributed by atoms with E-state index in [1.54, 1.807) is 0 Å². The van der Waals surface area contributed by atoms with Gasteiger partial charge in [-0.1, -0.05) is 188 Å². The van der Waals surface area contributed by atoms with E-state index in [4.69, 9.17) is 4.42 Å². The van der Waals surface area contributed by atoms with Crippen LogP contribution in [0.15, 0.2) is 241 Å². The van der Waals surface area contributed by atoms with Gasteiger partial charge in [0.15, 0.2) is 0 Å². The molecule has 0 bridgehead atoms. The Labute approximate surface area is 397 Å². The molecule has 68 heavy (non-hydrogen) atoms. The number of thiophene rings is 1. The first-order valence-corrected chi connectivity index (χ1v) is 24.2. The molecule has 2 nitrogen and oxygen atoms in total. The van der Waals surface area contributed by atoms with Crippen LogP contribution < -0.4 is 4.90 Å². The highest BCUT2D eigenvalue weighted by molar-refractivity contribution is 7.26. The number of anilines is 3. The molecule has 0 aliphatic heterocycles. The maximum Gasteiger partial charge on any atom is 0.143 e. The molecule has 0 radical (unpaired) electrons. The van der Waals surface area contributed by atoms with E-state index in [-0.39, 0.29) is 0 Å². The van der Waals surface area contributed by atoms with E-state index in [1.165, 1.54) is 86.6 Å². The van der Waals surface area contributed by atoms with Crippen molar-refractivity contribution in [2.45, 2.75) is 5.41 Å². The Morgan fingerprint density at radius 3 is 1.71 bits per heavy atom. The van der Waals surface area contributed by atoms with Crippen molar-refractivity contribution < 1.29 is 4.42 Å². The Hall–Kier alpha value is -8.50. The fourth-order valence-corrected chi connectivity index (χ4v) is 13.3. The van der Waals surface area contributed by atoms with Gasteiger partial charge >= 0.3 is 0 Å². The van der Waals surface area contributed by atoms with Crippen molar-refractivity contribution in [3.05, 3.63) is 259 Å². The summed E-state index contributed by atoms with van der Waals surface area (Å²) in [7, 11) is 0. The molecule has 0 amide bonds. The summed E-state index contributed by atoms with van der Waals surface area (Å²) in [5.74, 6) is 0. The monoisotopic (exact) mass is 881 g/mol. The third-order valence-corrected chi connectivity index (χ3v) is 16.1. The minimum atomic E-state index is -0.472. The second kappa shape index (κ2) is 14.3. The van der Waals surface area contributed by atoms with Crippen LogP contribution in [0.5, 0.6) is 0 Å². The first-order chi connectivity index (χ1) is 33.7. The lowest BCUT2D eigenvalue weighted by Crippen LogP contribution is -2.26. The Morgan fingerprint density at radius 1 is 0.368 bits per heavy atom. The fraction of sp³-hybridized carbons (Fsp3) is 0.0154. The maximum atomic E-state index is 6.56. The lowest BCUT2D eigenvalue weighted by Gasteiger charge is -2.32. The van der Waals surface area contributed by atoms with Crippen LogP contribution in [0.2, 0.25) is 0 Å². The largest absolute Gasteiger partial charge is 0.455 e. The molecular formula is C65H39NOS. The van der Waals surface area contributed by atoms with Crippen LogP contribution in [0.1, 0.15) is 22.3 Å². The summed E-state index contributed by atoms with van der Waals surface area (Å²) in [6.45, 7) is 0. The molecule has 1 spiro atoms. The molecule has 15 rings (SSSR count). The average molecular weight is 882 g/mol. The third kappa shape index (κ3) is 5.17. The van der Waals surface area contributed by atoms with E-state index in [1.807, 2.05) is 17.4 Å². The Balaban J connectivity index is 0.989. The normalized spacial score (nSPS) is 13.1. The van der Waals surface area contributed by atoms with E-state index in [9.17, 15) is 0 Å². The van der Waals surface area contributed by atoms with Crippen molar-refractivity contribution in [2.75, 3.05) is 4.90 Å². The Bertz CT molecular complexity index is 4160. The minimum Gasteiger partial charge on any atom is -0.455 e. The van der Waals surface area contributed by atoms with E-state index in [0.29, 0.717) is 0 Å². The van der Waals surface area contributed by atoms with Crippen LogP contribution in [0.3, 0.4) is 0 Å². The van der Waals surface area contributed by atoms with Crippen LogP contribution in [0.25, 0.3) is 97.4 Å². The zero-order valence-electron chi connectivity index (χ0n) is 36.8. The zero-order chi connectivity index (χ0) is 44.5. The summed E-state index contributed by atoms with van der Waals surface area (Å²) in [4.78, 5) is 2.51. The molecule has 2 heterocycles. The molecule has 2 aliphatic carbocycles. The number of nitrogens with zero attached hydrogens (tertiary/aromatic N) is 1. The highest BCUT2D eigenvalue weighted by atomic mass is 32.1. The summed E-state index contributed by atoms with van der Waals surface area (Å²) in [5.41, 5.74) is 19.8. The van der Waals surface area contributed by atoms with Crippen LogP contribution in [0.4, 0.5) is 17.1 Å². The van der Waals surface area contributed by atoms with Gasteiger partial charge in [-0.05, 0) is 121 Å². The molecule has 0 atom stereocenters. The van der Waals surface area contributed by atoms with Crippen molar-refractivity contribution in [1.29, 1.82) is 0 Å². The summed E-state index contributed by atoms with van der Waals surface area (Å²) in [6.07, 6.45) is 0. The number of rotatable bonds is 5. The van der Waals surface area contributed by atoms with E-state index in [0.717, 1.165) is 50.1 Å². The third-order valence-electron chi connectivity index (χ3n) is 14.9. The van der Waals surface area contributed by atoms with Gasteiger partial charge in [0.05, 0.1) is 11.1 Å².